The standard InChI is InChI=1S/C27H37N3O3.C22H33N3O2.C22H35N3.C7H10O5.2CH4.H2O.H2/c1-4-33-27(32)25-26(31)30(24-8-6-5-7-23(24)28-25)22-15-20-13-14-21(16-22)29(20)19-11-9-18(10-12-19)17(2)3;1-15(2)16-7-9-18(10-8-16)24-19-11-12-20(24)14-17(13-19)23-21-5-3-4-6-22(21)25(26)27;1-15(2)16-7-9-18(10-8-16)25-19-11-12-20(25)14-17(13-19)24-22-6-4-3-5-21(22)23;1-3-11-6(9)5(8)7(10)12-4-2;;;;/h5-8,17-22H,4,9-16H2,1-3H3;3-6,15-20,23H,7-14H2,1-2H3;3-6,15-20,24H,7-14,23H2,1-2H3;3-4H2,1-2H3;2*1H4;1H2;1H/t18?,19?,20-,21+,22?;2*16?,17?,18?,19-,20+;;;;;/i/hD. The average Bonchev–Trinajstić information content (AvgIpc) is 1.37. The number of carbonyl (C=O) groups excluding carboxylic acids is 4. The number of para-hydroxylation sites is 6. The monoisotopic (exact) mass is 1390 g/mol. The molecule has 9 fully saturated rings. The number of Topliss-reactive ketones (excluding diaryl/α,β-unsaturated/α-hetero) is 1. The summed E-state index contributed by atoms with van der Waals surface area (Å²) in [5, 5.41) is 18.5. The maximum absolute atomic E-state index is 13.5. The summed E-state index contributed by atoms with van der Waals surface area (Å²) in [5.41, 5.74) is 16.4. The van der Waals surface area contributed by atoms with Gasteiger partial charge in [-0.05, 0) is 241 Å². The second kappa shape index (κ2) is 37.6. The molecule has 1 aromatic heterocycles. The van der Waals surface area contributed by atoms with Crippen molar-refractivity contribution in [3.05, 3.63) is 99.0 Å². The summed E-state index contributed by atoms with van der Waals surface area (Å²) in [7, 11) is 0. The Morgan fingerprint density at radius 1 is 0.530 bits per heavy atom. The molecule has 20 heteroatoms. The van der Waals surface area contributed by atoms with E-state index < -0.39 is 23.7 Å². The molecule has 0 spiro atoms. The molecule has 100 heavy (non-hydrogen) atoms. The fraction of sp³-hybridized carbons (Fsp3) is 0.700. The van der Waals surface area contributed by atoms with Crippen molar-refractivity contribution in [2.75, 3.05) is 36.2 Å². The largest absolute Gasteiger partial charge is 0.461 e. The minimum absolute atomic E-state index is 0. The van der Waals surface area contributed by atoms with Crippen molar-refractivity contribution in [1.82, 2.24) is 24.3 Å². The van der Waals surface area contributed by atoms with E-state index in [4.69, 9.17) is 17.4 Å². The topological polar surface area (TPSA) is 265 Å². The van der Waals surface area contributed by atoms with Gasteiger partial charge in [0.05, 0.1) is 47.2 Å². The highest BCUT2D eigenvalue weighted by atomic mass is 16.6. The lowest BCUT2D eigenvalue weighted by Crippen LogP contribution is -2.52. The molecule has 6 saturated heterocycles. The zero-order valence-corrected chi connectivity index (χ0v) is 60.2. The first kappa shape index (κ1) is 79.2. The number of hydrogen-bond acceptors (Lipinski definition) is 17. The molecule has 9 aliphatic rings. The van der Waals surface area contributed by atoms with Gasteiger partial charge in [-0.25, -0.2) is 19.4 Å². The van der Waals surface area contributed by atoms with E-state index in [0.29, 0.717) is 53.5 Å². The molecule has 3 saturated carbocycles. The Morgan fingerprint density at radius 2 is 0.880 bits per heavy atom. The van der Waals surface area contributed by atoms with Crippen molar-refractivity contribution >= 4 is 57.5 Å². The Hall–Kier alpha value is -6.48. The van der Waals surface area contributed by atoms with Gasteiger partial charge in [0.1, 0.15) is 5.69 Å². The van der Waals surface area contributed by atoms with Gasteiger partial charge in [-0.1, -0.05) is 92.8 Å². The number of nitro groups is 1. The number of fused-ring (bicyclic) bond motifs is 7. The number of nitrogens with one attached hydrogen (secondary N) is 2. The van der Waals surface area contributed by atoms with E-state index in [1.807, 2.05) is 53.1 Å². The summed E-state index contributed by atoms with van der Waals surface area (Å²) in [6.07, 6.45) is 31.1. The quantitative estimate of drug-likeness (QED) is 0.0159. The highest BCUT2D eigenvalue weighted by Crippen LogP contribution is 2.48. The zero-order chi connectivity index (χ0) is 71.0. The van der Waals surface area contributed by atoms with Crippen LogP contribution < -0.4 is 21.9 Å². The van der Waals surface area contributed by atoms with Gasteiger partial charge in [-0.3, -0.25) is 34.4 Å². The predicted molar refractivity (Wildman–Crippen MR) is 403 cm³/mol. The maximum Gasteiger partial charge on any atom is 0.386 e. The fourth-order valence-electron chi connectivity index (χ4n) is 19.2. The number of benzene rings is 3. The van der Waals surface area contributed by atoms with Crippen molar-refractivity contribution in [1.29, 1.82) is 0 Å². The van der Waals surface area contributed by atoms with Gasteiger partial charge in [0.25, 0.3) is 11.2 Å². The SMILES string of the molecule is C.C.CC(C)C1CCC(N2[C@@H]3CC[C@H]2CC(Nc2ccccc2N)C3)CC1.CC(C)C1CCC(N2[C@@H]3CC[C@H]2CC(Nc2ccccc2[N+](=O)[O-])C3)CC1.CCOC(=O)C(=O)C(=O)OCC.CCOC(=O)c1nc2ccccc2n(C2C[C@H]3CC[C@@H](C2)N3C2CCC(C(C)C)CC2)c1=O.[2H]O.[HH]. The Balaban J connectivity index is 0.000000219. The van der Waals surface area contributed by atoms with Crippen LogP contribution in [-0.2, 0) is 28.6 Å². The van der Waals surface area contributed by atoms with Crippen LogP contribution in [-0.4, -0.2) is 145 Å². The average molecular weight is 1390 g/mol. The van der Waals surface area contributed by atoms with E-state index in [1.54, 1.807) is 19.1 Å². The van der Waals surface area contributed by atoms with Crippen LogP contribution in [0.25, 0.3) is 11.0 Å². The number of aromatic nitrogens is 2. The Bertz CT molecular complexity index is 3290. The van der Waals surface area contributed by atoms with E-state index in [9.17, 15) is 34.1 Å². The highest BCUT2D eigenvalue weighted by molar-refractivity contribution is 6.60. The first-order valence-electron chi connectivity index (χ1n) is 38.2. The normalized spacial score (nSPS) is 29.2. The van der Waals surface area contributed by atoms with E-state index in [2.05, 4.69) is 93.5 Å². The van der Waals surface area contributed by atoms with Gasteiger partial charge < -0.3 is 40.6 Å². The number of carbonyl (C=O) groups is 4. The van der Waals surface area contributed by atoms with Crippen LogP contribution in [0.2, 0.25) is 0 Å². The van der Waals surface area contributed by atoms with Crippen molar-refractivity contribution in [2.45, 2.75) is 304 Å². The third-order valence-corrected chi connectivity index (χ3v) is 24.0. The summed E-state index contributed by atoms with van der Waals surface area (Å²) in [6.45, 7) is 19.4. The van der Waals surface area contributed by atoms with Crippen molar-refractivity contribution in [3.8, 4) is 0 Å². The number of rotatable bonds is 18. The molecule has 558 valence electrons. The van der Waals surface area contributed by atoms with Crippen LogP contribution in [0.3, 0.4) is 0 Å². The minimum Gasteiger partial charge on any atom is -0.461 e. The molecule has 3 aliphatic carbocycles. The molecule has 4 aromatic rings. The lowest BCUT2D eigenvalue weighted by Gasteiger charge is -2.46. The molecule has 6 bridgehead atoms. The molecule has 3 unspecified atom stereocenters. The Labute approximate surface area is 600 Å². The molecule has 7 heterocycles. The third-order valence-electron chi connectivity index (χ3n) is 24.0. The molecule has 0 amide bonds. The van der Waals surface area contributed by atoms with Gasteiger partial charge >= 0.3 is 23.7 Å². The fourth-order valence-corrected chi connectivity index (χ4v) is 19.2. The number of piperidine rings is 3. The zero-order valence-electron chi connectivity index (χ0n) is 61.2. The molecule has 13 rings (SSSR count). The van der Waals surface area contributed by atoms with Crippen LogP contribution in [0.1, 0.15) is 251 Å². The van der Waals surface area contributed by atoms with E-state index >= 15 is 0 Å². The van der Waals surface area contributed by atoms with Gasteiger partial charge in [0.15, 0.2) is 0 Å². The van der Waals surface area contributed by atoms with Crippen molar-refractivity contribution < 1.29 is 46.6 Å². The van der Waals surface area contributed by atoms with Crippen LogP contribution >= 0.6 is 0 Å². The summed E-state index contributed by atoms with van der Waals surface area (Å²) in [4.78, 5) is 81.9. The number of esters is 3. The minimum atomic E-state index is -1.27. The van der Waals surface area contributed by atoms with Gasteiger partial charge in [-0.15, -0.1) is 0 Å². The lowest BCUT2D eigenvalue weighted by molar-refractivity contribution is -0.384. The van der Waals surface area contributed by atoms with Gasteiger partial charge in [-0.2, -0.15) is 0 Å². The number of anilines is 3. The maximum atomic E-state index is 13.5. The summed E-state index contributed by atoms with van der Waals surface area (Å²) in [5.74, 6) is 0.998. The number of nitrogen functional groups attached to an aromatic ring is 1. The van der Waals surface area contributed by atoms with Crippen LogP contribution in [0.4, 0.5) is 22.7 Å². The molecule has 6 aliphatic heterocycles. The first-order valence-corrected chi connectivity index (χ1v) is 37.7. The summed E-state index contributed by atoms with van der Waals surface area (Å²) >= 11 is 0. The number of ketones is 1. The first-order chi connectivity index (χ1) is 47.7. The number of nitrogens with two attached hydrogens (primary N) is 1. The Kier molecular flexibility index (Phi) is 29.8. The number of nitrogens with zero attached hydrogens (tertiary/aromatic N) is 6. The predicted octanol–water partition coefficient (Wildman–Crippen LogP) is 15.4. The van der Waals surface area contributed by atoms with E-state index in [0.717, 1.165) is 102 Å². The van der Waals surface area contributed by atoms with Gasteiger partial charge in [0, 0.05) is 80.0 Å². The molecule has 6 N–H and O–H groups in total. The number of ether oxygens (including phenoxy) is 3. The molecule has 9 atom stereocenters. The van der Waals surface area contributed by atoms with Crippen molar-refractivity contribution in [3.63, 3.8) is 0 Å². The Morgan fingerprint density at radius 3 is 1.27 bits per heavy atom. The molecular weight excluding hydrogens is 1260 g/mol. The van der Waals surface area contributed by atoms with E-state index in [-0.39, 0.29) is 64.0 Å². The molecule has 0 radical (unpaired) electrons. The highest BCUT2D eigenvalue weighted by Gasteiger charge is 2.48. The van der Waals surface area contributed by atoms with E-state index in [1.165, 1.54) is 142 Å². The number of nitro benzene ring substituents is 1. The van der Waals surface area contributed by atoms with Crippen LogP contribution in [0.5, 0.6) is 0 Å². The lowest BCUT2D eigenvalue weighted by atomic mass is 9.78. The number of hydrogen-bond donors (Lipinski definition) is 3. The second-order valence-corrected chi connectivity index (χ2v) is 30.7. The molecule has 20 nitrogen and oxygen atoms in total. The second-order valence-electron chi connectivity index (χ2n) is 30.7. The smallest absolute Gasteiger partial charge is 0.386 e. The summed E-state index contributed by atoms with van der Waals surface area (Å²) in [6, 6.07) is 30.3. The summed E-state index contributed by atoms with van der Waals surface area (Å²) < 4.78 is 20.3. The molecular formula is C80H127N9O11. The van der Waals surface area contributed by atoms with Crippen LogP contribution in [0.15, 0.2) is 77.6 Å². The van der Waals surface area contributed by atoms with Gasteiger partial charge in [0.2, 0.25) is 7.13 Å². The molecule has 3 aromatic carbocycles. The van der Waals surface area contributed by atoms with Crippen LogP contribution in [0, 0.1) is 45.6 Å². The third kappa shape index (κ3) is 19.4. The van der Waals surface area contributed by atoms with Crippen molar-refractivity contribution in [2.24, 2.45) is 35.5 Å².